The van der Waals surface area contributed by atoms with Crippen molar-refractivity contribution in [2.24, 2.45) is 0 Å². The van der Waals surface area contributed by atoms with Gasteiger partial charge in [0.1, 0.15) is 0 Å². The van der Waals surface area contributed by atoms with E-state index < -0.39 is 11.7 Å². The third-order valence-electron chi connectivity index (χ3n) is 2.77. The van der Waals surface area contributed by atoms with E-state index in [1.165, 1.54) is 12.3 Å². The molecule has 0 aromatic heterocycles. The van der Waals surface area contributed by atoms with Crippen LogP contribution in [0.5, 0.6) is 0 Å². The van der Waals surface area contributed by atoms with Crippen LogP contribution in [0.25, 0.3) is 0 Å². The highest BCUT2D eigenvalue weighted by molar-refractivity contribution is 5.62. The smallest absolute Gasteiger partial charge is 0.399 e. The molecule has 1 rings (SSSR count). The fourth-order valence-corrected chi connectivity index (χ4v) is 1.88. The zero-order chi connectivity index (χ0) is 15.3. The molecule has 0 aliphatic carbocycles. The summed E-state index contributed by atoms with van der Waals surface area (Å²) in [6.45, 7) is 7.60. The van der Waals surface area contributed by atoms with Crippen molar-refractivity contribution in [1.82, 2.24) is 0 Å². The van der Waals surface area contributed by atoms with Gasteiger partial charge >= 0.3 is 6.18 Å². The van der Waals surface area contributed by atoms with Crippen LogP contribution in [-0.2, 0) is 6.18 Å². The number of alkyl halides is 3. The van der Waals surface area contributed by atoms with Crippen molar-refractivity contribution < 1.29 is 13.2 Å². The Balaban J connectivity index is 3.19. The van der Waals surface area contributed by atoms with Crippen LogP contribution in [0.3, 0.4) is 0 Å². The van der Waals surface area contributed by atoms with E-state index in [1.807, 2.05) is 13.8 Å². The van der Waals surface area contributed by atoms with Gasteiger partial charge in [-0.1, -0.05) is 25.5 Å². The Morgan fingerprint density at radius 2 is 2.00 bits per heavy atom. The second kappa shape index (κ2) is 6.50. The largest absolute Gasteiger partial charge is 0.416 e. The first-order valence-corrected chi connectivity index (χ1v) is 6.34. The van der Waals surface area contributed by atoms with E-state index in [0.29, 0.717) is 5.69 Å². The van der Waals surface area contributed by atoms with E-state index in [9.17, 15) is 13.2 Å². The van der Waals surface area contributed by atoms with E-state index in [1.54, 1.807) is 11.1 Å². The van der Waals surface area contributed by atoms with Gasteiger partial charge in [-0.3, -0.25) is 0 Å². The van der Waals surface area contributed by atoms with E-state index >= 15 is 0 Å². The third kappa shape index (κ3) is 4.33. The van der Waals surface area contributed by atoms with E-state index in [2.05, 4.69) is 6.58 Å². The van der Waals surface area contributed by atoms with Crippen LogP contribution in [0.1, 0.15) is 32.3 Å². The maximum absolute atomic E-state index is 12.8. The van der Waals surface area contributed by atoms with Crippen LogP contribution in [0.4, 0.5) is 24.5 Å². The lowest BCUT2D eigenvalue weighted by Gasteiger charge is -2.19. The fraction of sp³-hybridized carbons (Fsp3) is 0.333. The molecule has 0 aliphatic heterocycles. The molecular formula is C15H19F3N2. The minimum Gasteiger partial charge on any atom is -0.399 e. The summed E-state index contributed by atoms with van der Waals surface area (Å²) in [5.41, 5.74) is 6.27. The van der Waals surface area contributed by atoms with Crippen molar-refractivity contribution in [1.29, 1.82) is 0 Å². The Bertz CT molecular complexity index is 504. The van der Waals surface area contributed by atoms with Gasteiger partial charge < -0.3 is 10.6 Å². The predicted octanol–water partition coefficient (Wildman–Crippen LogP) is 4.94. The molecule has 0 saturated heterocycles. The first kappa shape index (κ1) is 16.1. The van der Waals surface area contributed by atoms with Gasteiger partial charge in [-0.05, 0) is 31.5 Å². The molecule has 20 heavy (non-hydrogen) atoms. The first-order valence-electron chi connectivity index (χ1n) is 6.34. The highest BCUT2D eigenvalue weighted by Crippen LogP contribution is 2.34. The number of nitrogens with two attached hydrogens (primary N) is 1. The van der Waals surface area contributed by atoms with Gasteiger partial charge in [0.2, 0.25) is 0 Å². The van der Waals surface area contributed by atoms with Crippen molar-refractivity contribution in [3.05, 3.63) is 48.3 Å². The van der Waals surface area contributed by atoms with Crippen LogP contribution in [0.2, 0.25) is 0 Å². The van der Waals surface area contributed by atoms with Crippen LogP contribution in [0.15, 0.2) is 42.8 Å². The van der Waals surface area contributed by atoms with Gasteiger partial charge in [-0.25, -0.2) is 0 Å². The van der Waals surface area contributed by atoms with Gasteiger partial charge in [0, 0.05) is 23.8 Å². The number of hydrogen-bond acceptors (Lipinski definition) is 2. The standard InChI is InChI=1S/C15H19F3N2/c1-4-6-11(3)10-20(5-2)14-8-12(15(16,17)18)7-13(19)9-14/h5,7-10H,2,4,6,19H2,1,3H3/b11-10-. The second-order valence-electron chi connectivity index (χ2n) is 4.63. The number of hydrogen-bond donors (Lipinski definition) is 1. The topological polar surface area (TPSA) is 29.3 Å². The average molecular weight is 284 g/mol. The average Bonchev–Trinajstić information content (AvgIpc) is 2.34. The molecular weight excluding hydrogens is 265 g/mol. The van der Waals surface area contributed by atoms with E-state index in [-0.39, 0.29) is 5.69 Å². The lowest BCUT2D eigenvalue weighted by Crippen LogP contribution is -2.11. The molecule has 5 heteroatoms. The van der Waals surface area contributed by atoms with Gasteiger partial charge in [0.05, 0.1) is 5.56 Å². The molecule has 0 radical (unpaired) electrons. The molecule has 2 nitrogen and oxygen atoms in total. The van der Waals surface area contributed by atoms with Crippen molar-refractivity contribution >= 4 is 11.4 Å². The number of anilines is 2. The maximum Gasteiger partial charge on any atom is 0.416 e. The molecule has 0 heterocycles. The SMILES string of the molecule is C=CN(/C=C(/C)CCC)c1cc(N)cc(C(F)(F)F)c1. The Kier molecular flexibility index (Phi) is 5.25. The quantitative estimate of drug-likeness (QED) is 0.776. The zero-order valence-corrected chi connectivity index (χ0v) is 11.7. The lowest BCUT2D eigenvalue weighted by molar-refractivity contribution is -0.137. The van der Waals surface area contributed by atoms with Gasteiger partial charge in [-0.2, -0.15) is 13.2 Å². The summed E-state index contributed by atoms with van der Waals surface area (Å²) >= 11 is 0. The molecule has 0 fully saturated rings. The zero-order valence-electron chi connectivity index (χ0n) is 11.7. The maximum atomic E-state index is 12.8. The molecule has 0 amide bonds. The first-order chi connectivity index (χ1) is 9.27. The van der Waals surface area contributed by atoms with Crippen molar-refractivity contribution in [3.63, 3.8) is 0 Å². The summed E-state index contributed by atoms with van der Waals surface area (Å²) in [5, 5.41) is 0. The second-order valence-corrected chi connectivity index (χ2v) is 4.63. The third-order valence-corrected chi connectivity index (χ3v) is 2.77. The normalized spacial score (nSPS) is 12.3. The number of benzene rings is 1. The van der Waals surface area contributed by atoms with Crippen molar-refractivity contribution in [2.45, 2.75) is 32.9 Å². The Hall–Kier alpha value is -1.91. The summed E-state index contributed by atoms with van der Waals surface area (Å²) in [5.74, 6) is 0. The van der Waals surface area contributed by atoms with Crippen LogP contribution in [0, 0.1) is 0 Å². The number of allylic oxidation sites excluding steroid dienone is 1. The summed E-state index contributed by atoms with van der Waals surface area (Å²) in [6, 6.07) is 3.48. The minimum absolute atomic E-state index is 0.0724. The molecule has 0 spiro atoms. The Morgan fingerprint density at radius 1 is 1.35 bits per heavy atom. The van der Waals surface area contributed by atoms with E-state index in [4.69, 9.17) is 5.73 Å². The van der Waals surface area contributed by atoms with Crippen molar-refractivity contribution in [3.8, 4) is 0 Å². The lowest BCUT2D eigenvalue weighted by atomic mass is 10.1. The Labute approximate surface area is 117 Å². The molecule has 0 bridgehead atoms. The highest BCUT2D eigenvalue weighted by Gasteiger charge is 2.31. The van der Waals surface area contributed by atoms with Crippen LogP contribution >= 0.6 is 0 Å². The fourth-order valence-electron chi connectivity index (χ4n) is 1.88. The molecule has 0 aliphatic rings. The molecule has 0 saturated carbocycles. The summed E-state index contributed by atoms with van der Waals surface area (Å²) in [6.07, 6.45) is 0.662. The molecule has 0 unspecified atom stereocenters. The summed E-state index contributed by atoms with van der Waals surface area (Å²) in [7, 11) is 0. The number of halogens is 3. The van der Waals surface area contributed by atoms with Gasteiger partial charge in [-0.15, -0.1) is 0 Å². The van der Waals surface area contributed by atoms with Gasteiger partial charge in [0.25, 0.3) is 0 Å². The predicted molar refractivity (Wildman–Crippen MR) is 77.2 cm³/mol. The number of nitrogen functional groups attached to an aromatic ring is 1. The van der Waals surface area contributed by atoms with Crippen LogP contribution in [-0.4, -0.2) is 0 Å². The molecule has 2 N–H and O–H groups in total. The number of nitrogens with zero attached hydrogens (tertiary/aromatic N) is 1. The van der Waals surface area contributed by atoms with Crippen LogP contribution < -0.4 is 10.6 Å². The molecule has 110 valence electrons. The molecule has 1 aromatic carbocycles. The van der Waals surface area contributed by atoms with E-state index in [0.717, 1.165) is 30.5 Å². The van der Waals surface area contributed by atoms with Gasteiger partial charge in [0.15, 0.2) is 0 Å². The highest BCUT2D eigenvalue weighted by atomic mass is 19.4. The molecule has 0 atom stereocenters. The minimum atomic E-state index is -4.42. The summed E-state index contributed by atoms with van der Waals surface area (Å²) in [4.78, 5) is 1.55. The Morgan fingerprint density at radius 3 is 2.50 bits per heavy atom. The summed E-state index contributed by atoms with van der Waals surface area (Å²) < 4.78 is 38.3. The van der Waals surface area contributed by atoms with Crippen molar-refractivity contribution in [2.75, 3.05) is 10.6 Å². The molecule has 1 aromatic rings. The number of rotatable bonds is 5. The monoisotopic (exact) mass is 284 g/mol.